The van der Waals surface area contributed by atoms with Crippen molar-refractivity contribution in [1.82, 2.24) is 0 Å². The molecule has 1 unspecified atom stereocenters. The second kappa shape index (κ2) is 20.8. The van der Waals surface area contributed by atoms with Gasteiger partial charge in [0, 0.05) is 11.8 Å². The van der Waals surface area contributed by atoms with Gasteiger partial charge in [-0.15, -0.1) is 0 Å². The van der Waals surface area contributed by atoms with Crippen molar-refractivity contribution in [2.24, 2.45) is 0 Å². The van der Waals surface area contributed by atoms with Crippen LogP contribution in [0.15, 0.2) is 54.6 Å². The molecule has 1 N–H and O–H groups in total. The summed E-state index contributed by atoms with van der Waals surface area (Å²) in [5, 5.41) is 0. The summed E-state index contributed by atoms with van der Waals surface area (Å²) in [5.41, 5.74) is 1.37. The molecule has 0 aromatic heterocycles. The van der Waals surface area contributed by atoms with E-state index in [0.29, 0.717) is 17.9 Å². The third-order valence-electron chi connectivity index (χ3n) is 7.02. The van der Waals surface area contributed by atoms with Crippen LogP contribution in [0.4, 0.5) is 5.69 Å². The molecule has 8 heteroatoms. The van der Waals surface area contributed by atoms with E-state index in [1.165, 1.54) is 57.4 Å². The maximum Gasteiger partial charge on any atom is 0.330 e. The highest BCUT2D eigenvalue weighted by atomic mass is 32.2. The molecule has 1 atom stereocenters. The van der Waals surface area contributed by atoms with E-state index in [1.54, 1.807) is 37.5 Å². The highest BCUT2D eigenvalue weighted by molar-refractivity contribution is 7.92. The molecule has 2 aromatic rings. The highest BCUT2D eigenvalue weighted by Crippen LogP contribution is 2.21. The number of unbranched alkanes of at least 4 members (excludes halogenated alkanes) is 10. The van der Waals surface area contributed by atoms with Crippen LogP contribution in [0.5, 0.6) is 11.5 Å². The van der Waals surface area contributed by atoms with Gasteiger partial charge >= 0.3 is 5.97 Å². The number of methoxy groups -OCH3 is 1. The third kappa shape index (κ3) is 15.9. The number of carbonyl (C=O) groups excluding carboxylic acids is 1. The maximum absolute atomic E-state index is 12.4. The summed E-state index contributed by atoms with van der Waals surface area (Å²) in [6, 6.07) is 14.3. The molecule has 0 saturated heterocycles. The van der Waals surface area contributed by atoms with E-state index >= 15 is 0 Å². The van der Waals surface area contributed by atoms with E-state index in [1.807, 2.05) is 31.2 Å². The predicted molar refractivity (Wildman–Crippen MR) is 173 cm³/mol. The summed E-state index contributed by atoms with van der Waals surface area (Å²) in [6.45, 7) is 4.34. The first-order valence-electron chi connectivity index (χ1n) is 15.6. The molecule has 0 fully saturated rings. The fourth-order valence-corrected chi connectivity index (χ4v) is 5.76. The first-order chi connectivity index (χ1) is 20.3. The lowest BCUT2D eigenvalue weighted by molar-refractivity contribution is -0.140. The van der Waals surface area contributed by atoms with Gasteiger partial charge in [-0.05, 0) is 67.3 Å². The minimum atomic E-state index is -3.37. The Morgan fingerprint density at radius 3 is 1.95 bits per heavy atom. The number of hydrogen-bond acceptors (Lipinski definition) is 6. The number of nitrogens with one attached hydrogen (secondary N) is 1. The van der Waals surface area contributed by atoms with E-state index in [0.717, 1.165) is 37.0 Å². The van der Waals surface area contributed by atoms with E-state index in [-0.39, 0.29) is 18.5 Å². The smallest absolute Gasteiger partial charge is 0.330 e. The van der Waals surface area contributed by atoms with E-state index in [4.69, 9.17) is 14.2 Å². The van der Waals surface area contributed by atoms with Gasteiger partial charge in [-0.3, -0.25) is 4.72 Å². The molecule has 0 saturated carbocycles. The zero-order valence-corrected chi connectivity index (χ0v) is 26.6. The van der Waals surface area contributed by atoms with E-state index < -0.39 is 16.0 Å². The van der Waals surface area contributed by atoms with Gasteiger partial charge in [0.2, 0.25) is 10.0 Å². The lowest BCUT2D eigenvalue weighted by atomic mass is 10.0. The molecule has 0 amide bonds. The topological polar surface area (TPSA) is 90.9 Å². The SMILES string of the molecule is CCCCCCCCCCCCC(COC(=O)/C=C/c1ccc(OC)cc1)Oc1ccc(NS(=O)(=O)CCCC)cc1. The van der Waals surface area contributed by atoms with Gasteiger partial charge in [0.15, 0.2) is 0 Å². The Morgan fingerprint density at radius 2 is 1.36 bits per heavy atom. The molecule has 0 bridgehead atoms. The summed E-state index contributed by atoms with van der Waals surface area (Å²) >= 11 is 0. The number of anilines is 1. The quantitative estimate of drug-likeness (QED) is 0.0780. The predicted octanol–water partition coefficient (Wildman–Crippen LogP) is 8.55. The molecule has 0 aliphatic heterocycles. The molecule has 0 heterocycles. The maximum atomic E-state index is 12.4. The molecular formula is C34H51NO6S. The lowest BCUT2D eigenvalue weighted by Gasteiger charge is -2.19. The summed E-state index contributed by atoms with van der Waals surface area (Å²) < 4.78 is 43.9. The molecular weight excluding hydrogens is 550 g/mol. The van der Waals surface area contributed by atoms with Gasteiger partial charge in [0.1, 0.15) is 24.2 Å². The first kappa shape index (κ1) is 35.2. The van der Waals surface area contributed by atoms with E-state index in [9.17, 15) is 13.2 Å². The number of sulfonamides is 1. The van der Waals surface area contributed by atoms with Crippen molar-refractivity contribution in [2.75, 3.05) is 24.2 Å². The van der Waals surface area contributed by atoms with Gasteiger partial charge in [-0.2, -0.15) is 0 Å². The Balaban J connectivity index is 1.88. The van der Waals surface area contributed by atoms with Crippen molar-refractivity contribution in [3.63, 3.8) is 0 Å². The van der Waals surface area contributed by atoms with Crippen LogP contribution in [0.1, 0.15) is 103 Å². The summed E-state index contributed by atoms with van der Waals surface area (Å²) in [5.74, 6) is 1.03. The molecule has 42 heavy (non-hydrogen) atoms. The van der Waals surface area contributed by atoms with Crippen molar-refractivity contribution in [3.8, 4) is 11.5 Å². The molecule has 0 spiro atoms. The van der Waals surface area contributed by atoms with Crippen LogP contribution in [0, 0.1) is 0 Å². The van der Waals surface area contributed by atoms with Gasteiger partial charge in [-0.1, -0.05) is 90.2 Å². The van der Waals surface area contributed by atoms with Crippen molar-refractivity contribution < 1.29 is 27.4 Å². The number of hydrogen-bond donors (Lipinski definition) is 1. The van der Waals surface area contributed by atoms with Crippen molar-refractivity contribution in [2.45, 2.75) is 103 Å². The third-order valence-corrected chi connectivity index (χ3v) is 8.39. The second-order valence-corrected chi connectivity index (χ2v) is 12.6. The zero-order valence-electron chi connectivity index (χ0n) is 25.8. The average Bonchev–Trinajstić information content (AvgIpc) is 2.99. The van der Waals surface area contributed by atoms with E-state index in [2.05, 4.69) is 11.6 Å². The van der Waals surface area contributed by atoms with Crippen LogP contribution in [0.3, 0.4) is 0 Å². The number of esters is 1. The van der Waals surface area contributed by atoms with Gasteiger partial charge in [0.25, 0.3) is 0 Å². The molecule has 7 nitrogen and oxygen atoms in total. The summed E-state index contributed by atoms with van der Waals surface area (Å²) in [7, 11) is -1.76. The summed E-state index contributed by atoms with van der Waals surface area (Å²) in [6.07, 6.45) is 17.4. The zero-order chi connectivity index (χ0) is 30.5. The number of rotatable bonds is 23. The van der Waals surface area contributed by atoms with Crippen molar-refractivity contribution >= 4 is 27.8 Å². The van der Waals surface area contributed by atoms with Crippen LogP contribution >= 0.6 is 0 Å². The van der Waals surface area contributed by atoms with Crippen molar-refractivity contribution in [3.05, 3.63) is 60.2 Å². The summed E-state index contributed by atoms with van der Waals surface area (Å²) in [4.78, 5) is 12.4. The first-order valence-corrected chi connectivity index (χ1v) is 17.3. The monoisotopic (exact) mass is 601 g/mol. The Hall–Kier alpha value is -3.00. The lowest BCUT2D eigenvalue weighted by Crippen LogP contribution is -2.24. The number of benzene rings is 2. The molecule has 0 radical (unpaired) electrons. The fraction of sp³-hybridized carbons (Fsp3) is 0.559. The number of carbonyl (C=O) groups is 1. The van der Waals surface area contributed by atoms with Gasteiger partial charge in [-0.25, -0.2) is 13.2 Å². The highest BCUT2D eigenvalue weighted by Gasteiger charge is 2.14. The molecule has 0 aliphatic carbocycles. The van der Waals surface area contributed by atoms with Gasteiger partial charge < -0.3 is 14.2 Å². The molecule has 234 valence electrons. The Kier molecular flexibility index (Phi) is 17.4. The fourth-order valence-electron chi connectivity index (χ4n) is 4.50. The normalized spacial score (nSPS) is 12.3. The Bertz CT molecular complexity index is 1130. The molecule has 2 aromatic carbocycles. The van der Waals surface area contributed by atoms with Crippen LogP contribution in [-0.4, -0.2) is 40.0 Å². The van der Waals surface area contributed by atoms with Crippen LogP contribution in [-0.2, 0) is 19.6 Å². The molecule has 0 aliphatic rings. The van der Waals surface area contributed by atoms with Crippen molar-refractivity contribution in [1.29, 1.82) is 0 Å². The number of ether oxygens (including phenoxy) is 3. The largest absolute Gasteiger partial charge is 0.497 e. The Morgan fingerprint density at radius 1 is 0.786 bits per heavy atom. The van der Waals surface area contributed by atoms with Crippen LogP contribution in [0.2, 0.25) is 0 Å². The Labute approximate surface area is 254 Å². The standard InChI is InChI=1S/C34H51NO6S/c1-4-6-8-9-10-11-12-13-14-15-16-33(28-40-34(36)26-19-29-17-22-31(39-3)23-18-29)41-32-24-20-30(21-25-32)35-42(37,38)27-7-5-2/h17-26,33,35H,4-16,27-28H2,1-3H3/b26-19+. The minimum Gasteiger partial charge on any atom is -0.497 e. The minimum absolute atomic E-state index is 0.0982. The van der Waals surface area contributed by atoms with Crippen LogP contribution < -0.4 is 14.2 Å². The van der Waals surface area contributed by atoms with Gasteiger partial charge in [0.05, 0.1) is 12.9 Å². The van der Waals surface area contributed by atoms with Crippen LogP contribution in [0.25, 0.3) is 6.08 Å². The second-order valence-electron chi connectivity index (χ2n) is 10.7. The average molecular weight is 602 g/mol. The molecule has 2 rings (SSSR count).